The van der Waals surface area contributed by atoms with Gasteiger partial charge in [-0.3, -0.25) is 9.59 Å². The Morgan fingerprint density at radius 1 is 1.15 bits per heavy atom. The van der Waals surface area contributed by atoms with Gasteiger partial charge < -0.3 is 30.0 Å². The van der Waals surface area contributed by atoms with E-state index in [2.05, 4.69) is 5.32 Å². The fourth-order valence-electron chi connectivity index (χ4n) is 3.50. The van der Waals surface area contributed by atoms with Gasteiger partial charge in [0.05, 0.1) is 25.9 Å². The van der Waals surface area contributed by atoms with Crippen LogP contribution in [0, 0.1) is 0 Å². The predicted molar refractivity (Wildman–Crippen MR) is 126 cm³/mol. The van der Waals surface area contributed by atoms with E-state index >= 15 is 0 Å². The van der Waals surface area contributed by atoms with E-state index < -0.39 is 6.04 Å². The Morgan fingerprint density at radius 3 is 2.61 bits per heavy atom. The predicted octanol–water partition coefficient (Wildman–Crippen LogP) is 4.17. The van der Waals surface area contributed by atoms with Gasteiger partial charge in [0.2, 0.25) is 18.4 Å². The molecule has 8 heteroatoms. The van der Waals surface area contributed by atoms with Crippen molar-refractivity contribution in [1.29, 1.82) is 0 Å². The van der Waals surface area contributed by atoms with Crippen LogP contribution in [0.15, 0.2) is 35.9 Å². The molecule has 1 unspecified atom stereocenters. The Balaban J connectivity index is 1.83. The molecule has 2 aromatic rings. The summed E-state index contributed by atoms with van der Waals surface area (Å²) in [4.78, 5) is 25.5. The molecule has 1 aliphatic rings. The van der Waals surface area contributed by atoms with E-state index in [-0.39, 0.29) is 18.5 Å². The number of rotatable bonds is 10. The molecule has 0 aliphatic carbocycles. The standard InChI is InChI=1S/C25H30N2O6/c1-5-6-7-18(26)25(29)27-19-11-16(8-9-20(19)30-3)10-15(2)23(28)17-12-21(31-4)24-22(13-17)32-14-33-24/h8-13,18H,5-7,14,26H2,1-4H3,(H,27,29). The molecule has 0 radical (unpaired) electrons. The summed E-state index contributed by atoms with van der Waals surface area (Å²) in [6.07, 6.45) is 4.19. The molecule has 3 rings (SSSR count). The summed E-state index contributed by atoms with van der Waals surface area (Å²) in [6, 6.07) is 7.97. The first kappa shape index (κ1) is 24.1. The van der Waals surface area contributed by atoms with Gasteiger partial charge in [-0.25, -0.2) is 0 Å². The summed E-state index contributed by atoms with van der Waals surface area (Å²) in [7, 11) is 3.04. The second-order valence-corrected chi connectivity index (χ2v) is 7.77. The van der Waals surface area contributed by atoms with E-state index in [1.54, 1.807) is 37.3 Å². The number of carbonyl (C=O) groups is 2. The van der Waals surface area contributed by atoms with Crippen LogP contribution in [0.4, 0.5) is 5.69 Å². The zero-order chi connectivity index (χ0) is 24.0. The summed E-state index contributed by atoms with van der Waals surface area (Å²) < 4.78 is 21.5. The van der Waals surface area contributed by atoms with Crippen LogP contribution in [0.5, 0.6) is 23.0 Å². The molecule has 0 fully saturated rings. The number of Topliss-reactive ketones (excluding diaryl/α,β-unsaturated/α-hetero) is 1. The number of ether oxygens (including phenoxy) is 4. The molecule has 1 amide bonds. The van der Waals surface area contributed by atoms with Crippen molar-refractivity contribution < 1.29 is 28.5 Å². The van der Waals surface area contributed by atoms with Crippen molar-refractivity contribution in [2.24, 2.45) is 5.73 Å². The fourth-order valence-corrected chi connectivity index (χ4v) is 3.50. The van der Waals surface area contributed by atoms with Crippen molar-refractivity contribution in [3.05, 3.63) is 47.0 Å². The quantitative estimate of drug-likeness (QED) is 0.409. The maximum Gasteiger partial charge on any atom is 0.241 e. The number of hydrogen-bond donors (Lipinski definition) is 2. The van der Waals surface area contributed by atoms with E-state index in [9.17, 15) is 9.59 Å². The van der Waals surface area contributed by atoms with E-state index in [4.69, 9.17) is 24.7 Å². The van der Waals surface area contributed by atoms with Gasteiger partial charge in [-0.1, -0.05) is 25.8 Å². The maximum atomic E-state index is 13.1. The van der Waals surface area contributed by atoms with Crippen LogP contribution in [0.3, 0.4) is 0 Å². The monoisotopic (exact) mass is 454 g/mol. The number of allylic oxidation sites excluding steroid dienone is 1. The van der Waals surface area contributed by atoms with Gasteiger partial charge in [0.15, 0.2) is 17.3 Å². The first-order valence-electron chi connectivity index (χ1n) is 10.8. The second kappa shape index (κ2) is 10.9. The smallest absolute Gasteiger partial charge is 0.241 e. The highest BCUT2D eigenvalue weighted by Crippen LogP contribution is 2.42. The zero-order valence-corrected chi connectivity index (χ0v) is 19.4. The largest absolute Gasteiger partial charge is 0.495 e. The minimum atomic E-state index is -0.599. The summed E-state index contributed by atoms with van der Waals surface area (Å²) >= 11 is 0. The molecule has 0 spiro atoms. The average molecular weight is 455 g/mol. The summed E-state index contributed by atoms with van der Waals surface area (Å²) in [6.45, 7) is 3.86. The molecule has 1 heterocycles. The minimum absolute atomic E-state index is 0.0839. The number of carbonyl (C=O) groups excluding carboxylic acids is 2. The minimum Gasteiger partial charge on any atom is -0.495 e. The summed E-state index contributed by atoms with van der Waals surface area (Å²) in [5.41, 5.74) is 8.13. The number of benzene rings is 2. The van der Waals surface area contributed by atoms with Gasteiger partial charge in [-0.2, -0.15) is 0 Å². The Kier molecular flexibility index (Phi) is 7.95. The van der Waals surface area contributed by atoms with Crippen molar-refractivity contribution in [2.45, 2.75) is 39.2 Å². The van der Waals surface area contributed by atoms with Crippen molar-refractivity contribution in [3.8, 4) is 23.0 Å². The first-order valence-corrected chi connectivity index (χ1v) is 10.8. The number of fused-ring (bicyclic) bond motifs is 1. The van der Waals surface area contributed by atoms with Gasteiger partial charge in [0, 0.05) is 5.56 Å². The highest BCUT2D eigenvalue weighted by Gasteiger charge is 2.23. The third-order valence-corrected chi connectivity index (χ3v) is 5.35. The lowest BCUT2D eigenvalue weighted by molar-refractivity contribution is -0.117. The number of ketones is 1. The number of nitrogens with two attached hydrogens (primary N) is 1. The molecular weight excluding hydrogens is 424 g/mol. The first-order chi connectivity index (χ1) is 15.9. The summed E-state index contributed by atoms with van der Waals surface area (Å²) in [5.74, 6) is 1.45. The van der Waals surface area contributed by atoms with Crippen molar-refractivity contribution >= 4 is 23.5 Å². The molecule has 176 valence electrons. The van der Waals surface area contributed by atoms with Gasteiger partial charge in [0.25, 0.3) is 0 Å². The van der Waals surface area contributed by atoms with Crippen molar-refractivity contribution in [3.63, 3.8) is 0 Å². The topological polar surface area (TPSA) is 109 Å². The third kappa shape index (κ3) is 5.64. The molecule has 8 nitrogen and oxygen atoms in total. The van der Waals surface area contributed by atoms with E-state index in [1.165, 1.54) is 14.2 Å². The zero-order valence-electron chi connectivity index (χ0n) is 19.4. The van der Waals surface area contributed by atoms with Crippen LogP contribution in [-0.4, -0.2) is 38.7 Å². The number of methoxy groups -OCH3 is 2. The fraction of sp³-hybridized carbons (Fsp3) is 0.360. The highest BCUT2D eigenvalue weighted by molar-refractivity contribution is 6.11. The Hall–Kier alpha value is -3.52. The normalized spacial score (nSPS) is 13.4. The molecule has 1 atom stereocenters. The van der Waals surface area contributed by atoms with Gasteiger partial charge in [0.1, 0.15) is 5.75 Å². The second-order valence-electron chi connectivity index (χ2n) is 7.77. The van der Waals surface area contributed by atoms with Crippen LogP contribution < -0.4 is 30.0 Å². The Labute approximate surface area is 193 Å². The van der Waals surface area contributed by atoms with Gasteiger partial charge in [-0.15, -0.1) is 0 Å². The lowest BCUT2D eigenvalue weighted by Crippen LogP contribution is -2.35. The number of unbranched alkanes of at least 4 members (excludes halogenated alkanes) is 1. The SMILES string of the molecule is CCCCC(N)C(=O)Nc1cc(C=C(C)C(=O)c2cc(OC)c3c(c2)OCO3)ccc1OC. The van der Waals surface area contributed by atoms with Gasteiger partial charge >= 0.3 is 0 Å². The summed E-state index contributed by atoms with van der Waals surface area (Å²) in [5, 5.41) is 2.84. The Bertz CT molecular complexity index is 1060. The number of anilines is 1. The van der Waals surface area contributed by atoms with Crippen LogP contribution in [-0.2, 0) is 4.79 Å². The van der Waals surface area contributed by atoms with Crippen LogP contribution in [0.25, 0.3) is 6.08 Å². The molecule has 3 N–H and O–H groups in total. The molecule has 0 aromatic heterocycles. The lowest BCUT2D eigenvalue weighted by atomic mass is 10.0. The number of hydrogen-bond acceptors (Lipinski definition) is 7. The van der Waals surface area contributed by atoms with E-state index in [0.717, 1.165) is 18.4 Å². The van der Waals surface area contributed by atoms with Crippen molar-refractivity contribution in [1.82, 2.24) is 0 Å². The Morgan fingerprint density at radius 2 is 1.91 bits per heavy atom. The molecule has 0 bridgehead atoms. The van der Waals surface area contributed by atoms with Gasteiger partial charge in [-0.05, 0) is 54.8 Å². The van der Waals surface area contributed by atoms with Crippen molar-refractivity contribution in [2.75, 3.05) is 26.3 Å². The highest BCUT2D eigenvalue weighted by atomic mass is 16.7. The molecule has 33 heavy (non-hydrogen) atoms. The van der Waals surface area contributed by atoms with Crippen LogP contribution in [0.1, 0.15) is 49.0 Å². The third-order valence-electron chi connectivity index (χ3n) is 5.35. The molecular formula is C25H30N2O6. The number of nitrogens with one attached hydrogen (secondary N) is 1. The molecule has 0 saturated carbocycles. The van der Waals surface area contributed by atoms with E-state index in [1.807, 2.05) is 13.0 Å². The average Bonchev–Trinajstić information content (AvgIpc) is 3.30. The number of amides is 1. The van der Waals surface area contributed by atoms with Crippen LogP contribution >= 0.6 is 0 Å². The van der Waals surface area contributed by atoms with E-state index in [0.29, 0.717) is 46.2 Å². The molecule has 2 aromatic carbocycles. The molecule has 0 saturated heterocycles. The van der Waals surface area contributed by atoms with Crippen LogP contribution in [0.2, 0.25) is 0 Å². The molecule has 1 aliphatic heterocycles. The lowest BCUT2D eigenvalue weighted by Gasteiger charge is -2.15. The maximum absolute atomic E-state index is 13.1.